The number of hydrogen-bond acceptors (Lipinski definition) is 2. The maximum atomic E-state index is 4.45. The van der Waals surface area contributed by atoms with Crippen molar-refractivity contribution in [1.29, 1.82) is 0 Å². The van der Waals surface area contributed by atoms with Crippen LogP contribution in [0.5, 0.6) is 0 Å². The minimum Gasteiger partial charge on any atom is -0.310 e. The van der Waals surface area contributed by atoms with Gasteiger partial charge in [-0.2, -0.15) is 5.10 Å². The first kappa shape index (κ1) is 15.8. The molecule has 3 heteroatoms. The highest BCUT2D eigenvalue weighted by molar-refractivity contribution is 5.15. The molecule has 0 fully saturated rings. The van der Waals surface area contributed by atoms with E-state index >= 15 is 0 Å². The van der Waals surface area contributed by atoms with E-state index in [4.69, 9.17) is 0 Å². The van der Waals surface area contributed by atoms with Crippen molar-refractivity contribution in [3.8, 4) is 0 Å². The highest BCUT2D eigenvalue weighted by atomic mass is 15.3. The fourth-order valence-corrected chi connectivity index (χ4v) is 2.70. The molecule has 0 saturated heterocycles. The molecule has 0 aliphatic rings. The van der Waals surface area contributed by atoms with Gasteiger partial charge < -0.3 is 5.32 Å². The zero-order valence-electron chi connectivity index (χ0n) is 13.3. The van der Waals surface area contributed by atoms with Gasteiger partial charge in [0.2, 0.25) is 0 Å². The zero-order chi connectivity index (χ0) is 14.9. The van der Waals surface area contributed by atoms with E-state index in [1.54, 1.807) is 0 Å². The van der Waals surface area contributed by atoms with Gasteiger partial charge in [-0.1, -0.05) is 44.2 Å². The van der Waals surface area contributed by atoms with Gasteiger partial charge in [0.05, 0.1) is 6.20 Å². The third kappa shape index (κ3) is 5.01. The van der Waals surface area contributed by atoms with Crippen molar-refractivity contribution in [1.82, 2.24) is 15.1 Å². The van der Waals surface area contributed by atoms with Gasteiger partial charge >= 0.3 is 0 Å². The Balaban J connectivity index is 1.88. The van der Waals surface area contributed by atoms with Crippen LogP contribution < -0.4 is 5.32 Å². The summed E-state index contributed by atoms with van der Waals surface area (Å²) in [6.45, 7) is 6.35. The molecule has 21 heavy (non-hydrogen) atoms. The van der Waals surface area contributed by atoms with Crippen molar-refractivity contribution >= 4 is 0 Å². The van der Waals surface area contributed by atoms with Crippen LogP contribution in [0.2, 0.25) is 0 Å². The molecule has 1 unspecified atom stereocenters. The molecule has 2 rings (SSSR count). The van der Waals surface area contributed by atoms with E-state index in [0.29, 0.717) is 6.04 Å². The Bertz CT molecular complexity index is 504. The quantitative estimate of drug-likeness (QED) is 0.755. The summed E-state index contributed by atoms with van der Waals surface area (Å²) in [5.74, 6) is 0. The highest BCUT2D eigenvalue weighted by Crippen LogP contribution is 2.19. The van der Waals surface area contributed by atoms with Crippen LogP contribution in [0.1, 0.15) is 50.3 Å². The fourth-order valence-electron chi connectivity index (χ4n) is 2.70. The molecular formula is C18H27N3. The molecule has 3 nitrogen and oxygen atoms in total. The molecule has 114 valence electrons. The molecule has 0 bridgehead atoms. The molecule has 0 saturated carbocycles. The number of nitrogens with zero attached hydrogens (tertiary/aromatic N) is 2. The monoisotopic (exact) mass is 285 g/mol. The molecule has 0 amide bonds. The largest absolute Gasteiger partial charge is 0.310 e. The van der Waals surface area contributed by atoms with Crippen molar-refractivity contribution in [2.24, 2.45) is 0 Å². The molecule has 0 aliphatic heterocycles. The summed E-state index contributed by atoms with van der Waals surface area (Å²) in [5.41, 5.74) is 2.74. The van der Waals surface area contributed by atoms with E-state index in [2.05, 4.69) is 65.5 Å². The van der Waals surface area contributed by atoms with Gasteiger partial charge in [-0.15, -0.1) is 0 Å². The standard InChI is InChI=1S/C18H27N3/c1-3-13-21-15-17(14-20-21)18(19-4-2)12-8-11-16-9-6-5-7-10-16/h5-7,9-10,14-15,18-19H,3-4,8,11-13H2,1-2H3. The highest BCUT2D eigenvalue weighted by Gasteiger charge is 2.12. The van der Waals surface area contributed by atoms with E-state index < -0.39 is 0 Å². The molecule has 1 heterocycles. The van der Waals surface area contributed by atoms with Crippen molar-refractivity contribution < 1.29 is 0 Å². The lowest BCUT2D eigenvalue weighted by molar-refractivity contribution is 0.497. The van der Waals surface area contributed by atoms with Crippen LogP contribution in [0.3, 0.4) is 0 Å². The number of hydrogen-bond donors (Lipinski definition) is 1. The lowest BCUT2D eigenvalue weighted by Crippen LogP contribution is -2.20. The van der Waals surface area contributed by atoms with Gasteiger partial charge in [0.1, 0.15) is 0 Å². The topological polar surface area (TPSA) is 29.9 Å². The van der Waals surface area contributed by atoms with Crippen molar-refractivity contribution in [2.45, 2.75) is 52.1 Å². The van der Waals surface area contributed by atoms with Crippen LogP contribution in [-0.2, 0) is 13.0 Å². The predicted molar refractivity (Wildman–Crippen MR) is 88.3 cm³/mol. The number of rotatable bonds is 9. The molecule has 0 radical (unpaired) electrons. The Morgan fingerprint density at radius 3 is 2.71 bits per heavy atom. The Labute approximate surface area is 128 Å². The number of nitrogens with one attached hydrogen (secondary N) is 1. The molecule has 1 atom stereocenters. The Morgan fingerprint density at radius 1 is 1.19 bits per heavy atom. The van der Waals surface area contributed by atoms with Gasteiger partial charge in [-0.05, 0) is 37.8 Å². The Morgan fingerprint density at radius 2 is 2.00 bits per heavy atom. The second-order valence-electron chi connectivity index (χ2n) is 5.52. The smallest absolute Gasteiger partial charge is 0.0537 e. The molecule has 1 aromatic heterocycles. The lowest BCUT2D eigenvalue weighted by atomic mass is 10.0. The van der Waals surface area contributed by atoms with Crippen LogP contribution in [0, 0.1) is 0 Å². The number of aromatic nitrogens is 2. The maximum Gasteiger partial charge on any atom is 0.0537 e. The summed E-state index contributed by atoms with van der Waals surface area (Å²) in [5, 5.41) is 8.04. The van der Waals surface area contributed by atoms with Crippen LogP contribution in [0.4, 0.5) is 0 Å². The van der Waals surface area contributed by atoms with Gasteiger partial charge in [-0.25, -0.2) is 0 Å². The first-order chi connectivity index (χ1) is 10.3. The van der Waals surface area contributed by atoms with Crippen molar-refractivity contribution in [3.63, 3.8) is 0 Å². The lowest BCUT2D eigenvalue weighted by Gasteiger charge is -2.16. The Hall–Kier alpha value is -1.61. The summed E-state index contributed by atoms with van der Waals surface area (Å²) in [7, 11) is 0. The molecule has 1 aromatic carbocycles. The maximum absolute atomic E-state index is 4.45. The normalized spacial score (nSPS) is 12.5. The molecule has 0 spiro atoms. The van der Waals surface area contributed by atoms with Gasteiger partial charge in [-0.3, -0.25) is 4.68 Å². The van der Waals surface area contributed by atoms with E-state index in [1.807, 2.05) is 6.20 Å². The van der Waals surface area contributed by atoms with Crippen LogP contribution in [0.15, 0.2) is 42.7 Å². The average molecular weight is 285 g/mol. The summed E-state index contributed by atoms with van der Waals surface area (Å²) in [6, 6.07) is 11.2. The van der Waals surface area contributed by atoms with Gasteiger partial charge in [0, 0.05) is 24.3 Å². The van der Waals surface area contributed by atoms with Crippen molar-refractivity contribution in [2.75, 3.05) is 6.54 Å². The van der Waals surface area contributed by atoms with Gasteiger partial charge in [0.25, 0.3) is 0 Å². The number of aryl methyl sites for hydroxylation is 2. The molecule has 1 N–H and O–H groups in total. The third-order valence-corrected chi connectivity index (χ3v) is 3.76. The van der Waals surface area contributed by atoms with Crippen LogP contribution in [-0.4, -0.2) is 16.3 Å². The number of benzene rings is 1. The van der Waals surface area contributed by atoms with Crippen LogP contribution >= 0.6 is 0 Å². The predicted octanol–water partition coefficient (Wildman–Crippen LogP) is 3.97. The van der Waals surface area contributed by atoms with Crippen molar-refractivity contribution in [3.05, 3.63) is 53.9 Å². The van der Waals surface area contributed by atoms with Gasteiger partial charge in [0.15, 0.2) is 0 Å². The first-order valence-corrected chi connectivity index (χ1v) is 8.13. The summed E-state index contributed by atoms with van der Waals surface area (Å²) < 4.78 is 2.05. The first-order valence-electron chi connectivity index (χ1n) is 8.13. The van der Waals surface area contributed by atoms with E-state index in [0.717, 1.165) is 32.4 Å². The molecular weight excluding hydrogens is 258 g/mol. The second-order valence-corrected chi connectivity index (χ2v) is 5.52. The van der Waals surface area contributed by atoms with Crippen LogP contribution in [0.25, 0.3) is 0 Å². The summed E-state index contributed by atoms with van der Waals surface area (Å²) in [6.07, 6.45) is 8.83. The average Bonchev–Trinajstić information content (AvgIpc) is 2.96. The Kier molecular flexibility index (Phi) is 6.48. The molecule has 0 aliphatic carbocycles. The zero-order valence-corrected chi connectivity index (χ0v) is 13.3. The SMILES string of the molecule is CCCn1cc(C(CCCc2ccccc2)NCC)cn1. The summed E-state index contributed by atoms with van der Waals surface area (Å²) >= 11 is 0. The fraction of sp³-hybridized carbons (Fsp3) is 0.500. The van der Waals surface area contributed by atoms with E-state index in [9.17, 15) is 0 Å². The second kappa shape index (κ2) is 8.63. The molecule has 2 aromatic rings. The summed E-state index contributed by atoms with van der Waals surface area (Å²) in [4.78, 5) is 0. The van der Waals surface area contributed by atoms with E-state index in [-0.39, 0.29) is 0 Å². The van der Waals surface area contributed by atoms with E-state index in [1.165, 1.54) is 17.5 Å². The minimum absolute atomic E-state index is 0.421. The minimum atomic E-state index is 0.421. The third-order valence-electron chi connectivity index (χ3n) is 3.76.